The maximum Gasteiger partial charge on any atom is 0.139 e. The Bertz CT molecular complexity index is 285. The van der Waals surface area contributed by atoms with Crippen LogP contribution in [0.1, 0.15) is 57.8 Å². The predicted molar refractivity (Wildman–Crippen MR) is 80.2 cm³/mol. The minimum Gasteiger partial charge on any atom is -0.299 e. The average Bonchev–Trinajstić information content (AvgIpc) is 2.37. The fraction of sp³-hybridized carbons (Fsp3) is 0.800. The minimum atomic E-state index is 0.400. The molecule has 0 bridgehead atoms. The van der Waals surface area contributed by atoms with E-state index in [2.05, 4.69) is 32.7 Å². The van der Waals surface area contributed by atoms with Gasteiger partial charge < -0.3 is 0 Å². The highest BCUT2D eigenvalue weighted by Gasteiger charge is 2.38. The molecule has 2 heteroatoms. The van der Waals surface area contributed by atoms with Crippen molar-refractivity contribution >= 4 is 28.4 Å². The Balaban J connectivity index is 1.82. The maximum atomic E-state index is 12.4. The van der Waals surface area contributed by atoms with E-state index in [0.717, 1.165) is 18.8 Å². The third-order valence-electron chi connectivity index (χ3n) is 4.58. The molecule has 0 saturated heterocycles. The van der Waals surface area contributed by atoms with Crippen molar-refractivity contribution in [1.29, 1.82) is 0 Å². The summed E-state index contributed by atoms with van der Waals surface area (Å²) in [5, 5.41) is 0. The number of Topliss-reactive ketones (excluding diaryl/α,β-unsaturated/α-hetero) is 1. The molecule has 2 aliphatic rings. The van der Waals surface area contributed by atoms with Crippen LogP contribution in [-0.4, -0.2) is 5.78 Å². The van der Waals surface area contributed by atoms with E-state index in [0.29, 0.717) is 17.6 Å². The summed E-state index contributed by atoms with van der Waals surface area (Å²) in [7, 11) is 0. The van der Waals surface area contributed by atoms with E-state index in [1.54, 1.807) is 0 Å². The zero-order chi connectivity index (χ0) is 12.1. The van der Waals surface area contributed by atoms with E-state index in [-0.39, 0.29) is 0 Å². The molecule has 0 heterocycles. The van der Waals surface area contributed by atoms with E-state index in [1.165, 1.54) is 44.9 Å². The minimum absolute atomic E-state index is 0.400. The van der Waals surface area contributed by atoms with Gasteiger partial charge in [0.1, 0.15) is 5.78 Å². The molecule has 0 aromatic rings. The molecule has 1 nitrogen and oxygen atoms in total. The molecule has 0 unspecified atom stereocenters. The van der Waals surface area contributed by atoms with Gasteiger partial charge in [-0.05, 0) is 54.9 Å². The maximum absolute atomic E-state index is 12.4. The number of carbonyl (C=O) groups is 1. The second-order valence-electron chi connectivity index (χ2n) is 5.62. The zero-order valence-electron chi connectivity index (χ0n) is 10.5. The van der Waals surface area contributed by atoms with Crippen molar-refractivity contribution in [2.45, 2.75) is 57.8 Å². The zero-order valence-corrected chi connectivity index (χ0v) is 12.7. The second kappa shape index (κ2) is 6.91. The Labute approximate surface area is 119 Å². The first-order valence-electron chi connectivity index (χ1n) is 7.12. The molecule has 0 aromatic heterocycles. The number of hydrogen-bond acceptors (Lipinski definition) is 1. The molecule has 17 heavy (non-hydrogen) atoms. The highest BCUT2D eigenvalue weighted by molar-refractivity contribution is 14.1. The number of fused-ring (bicyclic) bond motifs is 1. The molecule has 0 radical (unpaired) electrons. The summed E-state index contributed by atoms with van der Waals surface area (Å²) < 4.78 is 2.08. The molecule has 2 fully saturated rings. The van der Waals surface area contributed by atoms with Crippen LogP contribution in [0.15, 0.2) is 10.2 Å². The van der Waals surface area contributed by atoms with Crippen LogP contribution in [0.3, 0.4) is 0 Å². The summed E-state index contributed by atoms with van der Waals surface area (Å²) in [4.78, 5) is 12.4. The van der Waals surface area contributed by atoms with Crippen LogP contribution in [0.5, 0.6) is 0 Å². The number of unbranched alkanes of at least 4 members (excludes halogenated alkanes) is 1. The van der Waals surface area contributed by atoms with Crippen molar-refractivity contribution in [3.8, 4) is 0 Å². The van der Waals surface area contributed by atoms with Crippen molar-refractivity contribution in [3.05, 3.63) is 10.2 Å². The molecule has 0 N–H and O–H groups in total. The van der Waals surface area contributed by atoms with Gasteiger partial charge in [0.25, 0.3) is 0 Å². The summed E-state index contributed by atoms with van der Waals surface area (Å²) in [5.41, 5.74) is 0. The number of carbonyl (C=O) groups excluding carboxylic acids is 1. The third kappa shape index (κ3) is 3.55. The van der Waals surface area contributed by atoms with Crippen LogP contribution in [0.25, 0.3) is 0 Å². The first kappa shape index (κ1) is 13.6. The number of rotatable bonds is 4. The lowest BCUT2D eigenvalue weighted by molar-refractivity contribution is -0.133. The summed E-state index contributed by atoms with van der Waals surface area (Å²) in [6.07, 6.45) is 13.3. The molecule has 3 atom stereocenters. The molecule has 2 aliphatic carbocycles. The lowest BCUT2D eigenvalue weighted by atomic mass is 9.66. The Morgan fingerprint density at radius 3 is 2.82 bits per heavy atom. The van der Waals surface area contributed by atoms with Crippen molar-refractivity contribution in [2.24, 2.45) is 17.8 Å². The van der Waals surface area contributed by atoms with Gasteiger partial charge in [0.05, 0.1) is 0 Å². The molecular weight excluding hydrogens is 323 g/mol. The van der Waals surface area contributed by atoms with Gasteiger partial charge in [-0.2, -0.15) is 0 Å². The van der Waals surface area contributed by atoms with Gasteiger partial charge in [-0.3, -0.25) is 4.79 Å². The molecule has 2 rings (SSSR count). The van der Waals surface area contributed by atoms with Crippen LogP contribution in [0.2, 0.25) is 0 Å². The molecule has 2 saturated carbocycles. The highest BCUT2D eigenvalue weighted by atomic mass is 127. The van der Waals surface area contributed by atoms with Crippen LogP contribution >= 0.6 is 22.6 Å². The summed E-state index contributed by atoms with van der Waals surface area (Å²) >= 11 is 2.26. The quantitative estimate of drug-likeness (QED) is 0.523. The molecule has 0 spiro atoms. The Morgan fingerprint density at radius 2 is 2.00 bits per heavy atom. The van der Waals surface area contributed by atoms with Gasteiger partial charge >= 0.3 is 0 Å². The topological polar surface area (TPSA) is 17.1 Å². The Hall–Kier alpha value is 0.140. The first-order chi connectivity index (χ1) is 8.33. The fourth-order valence-corrected chi connectivity index (χ4v) is 3.98. The molecule has 0 aliphatic heterocycles. The van der Waals surface area contributed by atoms with Crippen LogP contribution in [0.4, 0.5) is 0 Å². The van der Waals surface area contributed by atoms with Crippen LogP contribution < -0.4 is 0 Å². The SMILES string of the molecule is O=C1[C@H](CCC/C=C\I)CC[C@H]2CCCC[C@H]12. The average molecular weight is 346 g/mol. The first-order valence-corrected chi connectivity index (χ1v) is 8.36. The third-order valence-corrected chi connectivity index (χ3v) is 5.08. The van der Waals surface area contributed by atoms with Gasteiger partial charge in [0.2, 0.25) is 0 Å². The molecular formula is C15H23IO. The van der Waals surface area contributed by atoms with Crippen molar-refractivity contribution < 1.29 is 4.79 Å². The van der Waals surface area contributed by atoms with Gasteiger partial charge in [0.15, 0.2) is 0 Å². The van der Waals surface area contributed by atoms with Gasteiger partial charge in [-0.1, -0.05) is 41.5 Å². The summed E-state index contributed by atoms with van der Waals surface area (Å²) in [6, 6.07) is 0. The predicted octanol–water partition coefficient (Wildman–Crippen LogP) is 4.89. The number of hydrogen-bond donors (Lipinski definition) is 0. The number of ketones is 1. The molecule has 0 aromatic carbocycles. The fourth-order valence-electron chi connectivity index (χ4n) is 3.62. The Morgan fingerprint density at radius 1 is 1.18 bits per heavy atom. The van der Waals surface area contributed by atoms with Gasteiger partial charge in [-0.15, -0.1) is 0 Å². The smallest absolute Gasteiger partial charge is 0.139 e. The normalized spacial score (nSPS) is 33.9. The molecule has 0 amide bonds. The monoisotopic (exact) mass is 346 g/mol. The largest absolute Gasteiger partial charge is 0.299 e. The van der Waals surface area contributed by atoms with E-state index < -0.39 is 0 Å². The van der Waals surface area contributed by atoms with E-state index in [4.69, 9.17) is 0 Å². The lowest BCUT2D eigenvalue weighted by Gasteiger charge is -2.38. The standard InChI is InChI=1S/C15H23IO/c16-11-5-1-2-7-13-10-9-12-6-3-4-8-14(12)15(13)17/h5,11-14H,1-4,6-10H2/b11-5-/t12-,13-,14+/m1/s1. The number of allylic oxidation sites excluding steroid dienone is 1. The van der Waals surface area contributed by atoms with Crippen molar-refractivity contribution in [1.82, 2.24) is 0 Å². The van der Waals surface area contributed by atoms with Crippen LogP contribution in [0, 0.1) is 17.8 Å². The summed E-state index contributed by atoms with van der Waals surface area (Å²) in [5.74, 6) is 2.22. The number of halogens is 1. The summed E-state index contributed by atoms with van der Waals surface area (Å²) in [6.45, 7) is 0. The van der Waals surface area contributed by atoms with Crippen molar-refractivity contribution in [2.75, 3.05) is 0 Å². The van der Waals surface area contributed by atoms with Gasteiger partial charge in [0, 0.05) is 11.8 Å². The van der Waals surface area contributed by atoms with Crippen LogP contribution in [-0.2, 0) is 4.79 Å². The molecule has 96 valence electrons. The Kier molecular flexibility index (Phi) is 5.51. The van der Waals surface area contributed by atoms with E-state index in [1.807, 2.05) is 0 Å². The van der Waals surface area contributed by atoms with E-state index >= 15 is 0 Å². The van der Waals surface area contributed by atoms with E-state index in [9.17, 15) is 4.79 Å². The van der Waals surface area contributed by atoms with Gasteiger partial charge in [-0.25, -0.2) is 0 Å². The highest BCUT2D eigenvalue weighted by Crippen LogP contribution is 2.41. The van der Waals surface area contributed by atoms with Crippen molar-refractivity contribution in [3.63, 3.8) is 0 Å². The second-order valence-corrected chi connectivity index (χ2v) is 6.34. The lowest BCUT2D eigenvalue weighted by Crippen LogP contribution is -2.36.